The standard InChI is InChI=1S/C16H23FN2O2/c1-3-5-14-16(20)19(10-11-21-4-2)15(18-14)12-6-8-13(17)9-7-12/h6-9,14-15,18H,3-5,10-11H2,1-2H3. The molecule has 1 N–H and O–H groups in total. The summed E-state index contributed by atoms with van der Waals surface area (Å²) in [6.45, 7) is 5.68. The molecule has 2 rings (SSSR count). The first-order valence-electron chi connectivity index (χ1n) is 7.57. The highest BCUT2D eigenvalue weighted by Gasteiger charge is 2.38. The Labute approximate surface area is 125 Å². The molecule has 2 atom stereocenters. The van der Waals surface area contributed by atoms with Crippen LogP contribution >= 0.6 is 0 Å². The molecule has 1 amide bonds. The largest absolute Gasteiger partial charge is 0.380 e. The lowest BCUT2D eigenvalue weighted by Gasteiger charge is -2.24. The third-order valence-corrected chi connectivity index (χ3v) is 3.70. The number of rotatable bonds is 7. The van der Waals surface area contributed by atoms with Gasteiger partial charge in [-0.3, -0.25) is 10.1 Å². The van der Waals surface area contributed by atoms with Gasteiger partial charge in [-0.2, -0.15) is 0 Å². The third-order valence-electron chi connectivity index (χ3n) is 3.70. The fourth-order valence-corrected chi connectivity index (χ4v) is 2.64. The van der Waals surface area contributed by atoms with E-state index in [1.807, 2.05) is 6.92 Å². The van der Waals surface area contributed by atoms with Crippen LogP contribution in [-0.2, 0) is 9.53 Å². The van der Waals surface area contributed by atoms with Gasteiger partial charge in [-0.05, 0) is 31.0 Å². The molecule has 1 heterocycles. The van der Waals surface area contributed by atoms with Crippen molar-refractivity contribution >= 4 is 5.91 Å². The van der Waals surface area contributed by atoms with Crippen LogP contribution in [0.4, 0.5) is 4.39 Å². The van der Waals surface area contributed by atoms with Gasteiger partial charge >= 0.3 is 0 Å². The van der Waals surface area contributed by atoms with E-state index in [1.54, 1.807) is 17.0 Å². The van der Waals surface area contributed by atoms with E-state index in [0.717, 1.165) is 18.4 Å². The molecule has 0 bridgehead atoms. The summed E-state index contributed by atoms with van der Waals surface area (Å²) in [4.78, 5) is 14.3. The van der Waals surface area contributed by atoms with Crippen LogP contribution in [0.15, 0.2) is 24.3 Å². The van der Waals surface area contributed by atoms with Crippen molar-refractivity contribution in [2.24, 2.45) is 0 Å². The maximum atomic E-state index is 13.1. The molecular formula is C16H23FN2O2. The Morgan fingerprint density at radius 2 is 2.00 bits per heavy atom. The maximum Gasteiger partial charge on any atom is 0.241 e. The smallest absolute Gasteiger partial charge is 0.241 e. The molecule has 2 unspecified atom stereocenters. The number of benzene rings is 1. The second-order valence-corrected chi connectivity index (χ2v) is 5.19. The van der Waals surface area contributed by atoms with E-state index >= 15 is 0 Å². The highest BCUT2D eigenvalue weighted by atomic mass is 19.1. The summed E-state index contributed by atoms with van der Waals surface area (Å²) in [6.07, 6.45) is 1.55. The van der Waals surface area contributed by atoms with E-state index in [0.29, 0.717) is 19.8 Å². The molecule has 1 aromatic rings. The van der Waals surface area contributed by atoms with E-state index in [2.05, 4.69) is 12.2 Å². The number of carbonyl (C=O) groups is 1. The Balaban J connectivity index is 2.14. The average Bonchev–Trinajstić information content (AvgIpc) is 2.78. The summed E-state index contributed by atoms with van der Waals surface area (Å²) < 4.78 is 18.4. The summed E-state index contributed by atoms with van der Waals surface area (Å²) in [5.74, 6) is -0.167. The van der Waals surface area contributed by atoms with Gasteiger partial charge in [0.05, 0.1) is 12.6 Å². The molecule has 5 heteroatoms. The van der Waals surface area contributed by atoms with Crippen molar-refractivity contribution in [3.63, 3.8) is 0 Å². The molecule has 1 aromatic carbocycles. The number of hydrogen-bond acceptors (Lipinski definition) is 3. The summed E-state index contributed by atoms with van der Waals surface area (Å²) >= 11 is 0. The number of halogens is 1. The molecule has 1 aliphatic heterocycles. The zero-order valence-electron chi connectivity index (χ0n) is 12.6. The summed E-state index contributed by atoms with van der Waals surface area (Å²) in [5, 5.41) is 3.35. The van der Waals surface area contributed by atoms with Crippen molar-refractivity contribution in [2.45, 2.75) is 38.9 Å². The Hall–Kier alpha value is -1.46. The van der Waals surface area contributed by atoms with Gasteiger partial charge in [0, 0.05) is 13.2 Å². The minimum absolute atomic E-state index is 0.103. The highest BCUT2D eigenvalue weighted by Crippen LogP contribution is 2.26. The maximum absolute atomic E-state index is 13.1. The van der Waals surface area contributed by atoms with E-state index < -0.39 is 0 Å². The molecule has 1 aliphatic rings. The van der Waals surface area contributed by atoms with Crippen LogP contribution in [0.25, 0.3) is 0 Å². The Morgan fingerprint density at radius 3 is 2.62 bits per heavy atom. The first kappa shape index (κ1) is 15.9. The molecule has 0 radical (unpaired) electrons. The fourth-order valence-electron chi connectivity index (χ4n) is 2.64. The molecule has 0 aromatic heterocycles. The molecule has 21 heavy (non-hydrogen) atoms. The van der Waals surface area contributed by atoms with Crippen LogP contribution in [0, 0.1) is 5.82 Å². The van der Waals surface area contributed by atoms with Crippen molar-refractivity contribution in [2.75, 3.05) is 19.8 Å². The first-order chi connectivity index (χ1) is 10.2. The van der Waals surface area contributed by atoms with Gasteiger partial charge in [0.2, 0.25) is 5.91 Å². The van der Waals surface area contributed by atoms with Gasteiger partial charge in [-0.15, -0.1) is 0 Å². The van der Waals surface area contributed by atoms with E-state index in [4.69, 9.17) is 4.74 Å². The van der Waals surface area contributed by atoms with Gasteiger partial charge < -0.3 is 9.64 Å². The van der Waals surface area contributed by atoms with Crippen LogP contribution < -0.4 is 5.32 Å². The van der Waals surface area contributed by atoms with Gasteiger partial charge in [0.15, 0.2) is 0 Å². The summed E-state index contributed by atoms with van der Waals surface area (Å²) in [7, 11) is 0. The number of carbonyl (C=O) groups excluding carboxylic acids is 1. The molecule has 0 spiro atoms. The van der Waals surface area contributed by atoms with Crippen molar-refractivity contribution in [1.29, 1.82) is 0 Å². The average molecular weight is 294 g/mol. The minimum Gasteiger partial charge on any atom is -0.380 e. The third kappa shape index (κ3) is 3.80. The number of ether oxygens (including phenoxy) is 1. The lowest BCUT2D eigenvalue weighted by molar-refractivity contribution is -0.131. The summed E-state index contributed by atoms with van der Waals surface area (Å²) in [5.41, 5.74) is 0.903. The topological polar surface area (TPSA) is 41.6 Å². The van der Waals surface area contributed by atoms with Crippen molar-refractivity contribution in [3.8, 4) is 0 Å². The Kier molecular flexibility index (Phi) is 5.70. The van der Waals surface area contributed by atoms with Gasteiger partial charge in [-0.25, -0.2) is 4.39 Å². The first-order valence-corrected chi connectivity index (χ1v) is 7.57. The SMILES string of the molecule is CCCC1NC(c2ccc(F)cc2)N(CCOCC)C1=O. The predicted octanol–water partition coefficient (Wildman–Crippen LogP) is 2.46. The monoisotopic (exact) mass is 294 g/mol. The molecule has 1 fully saturated rings. The van der Waals surface area contributed by atoms with Crippen LogP contribution in [0.3, 0.4) is 0 Å². The Bertz CT molecular complexity index is 464. The van der Waals surface area contributed by atoms with Crippen molar-refractivity contribution in [3.05, 3.63) is 35.6 Å². The highest BCUT2D eigenvalue weighted by molar-refractivity contribution is 5.84. The second-order valence-electron chi connectivity index (χ2n) is 5.19. The molecular weight excluding hydrogens is 271 g/mol. The normalized spacial score (nSPS) is 22.0. The molecule has 1 saturated heterocycles. The zero-order chi connectivity index (χ0) is 15.2. The number of nitrogens with zero attached hydrogens (tertiary/aromatic N) is 1. The minimum atomic E-state index is -0.269. The van der Waals surface area contributed by atoms with Crippen LogP contribution in [-0.4, -0.2) is 36.6 Å². The molecule has 4 nitrogen and oxygen atoms in total. The molecule has 0 aliphatic carbocycles. The van der Waals surface area contributed by atoms with Gasteiger partial charge in [0.1, 0.15) is 12.0 Å². The van der Waals surface area contributed by atoms with Gasteiger partial charge in [-0.1, -0.05) is 25.5 Å². The fraction of sp³-hybridized carbons (Fsp3) is 0.562. The molecule has 0 saturated carbocycles. The number of nitrogens with one attached hydrogen (secondary N) is 1. The van der Waals surface area contributed by atoms with E-state index in [-0.39, 0.29) is 23.9 Å². The van der Waals surface area contributed by atoms with Crippen LogP contribution in [0.5, 0.6) is 0 Å². The lowest BCUT2D eigenvalue weighted by Crippen LogP contribution is -2.34. The molecule has 116 valence electrons. The van der Waals surface area contributed by atoms with E-state index in [9.17, 15) is 9.18 Å². The number of hydrogen-bond donors (Lipinski definition) is 1. The number of amides is 1. The van der Waals surface area contributed by atoms with Crippen molar-refractivity contribution in [1.82, 2.24) is 10.2 Å². The van der Waals surface area contributed by atoms with E-state index in [1.165, 1.54) is 12.1 Å². The quantitative estimate of drug-likeness (QED) is 0.785. The lowest BCUT2D eigenvalue weighted by atomic mass is 10.1. The van der Waals surface area contributed by atoms with Crippen LogP contribution in [0.1, 0.15) is 38.4 Å². The van der Waals surface area contributed by atoms with Crippen LogP contribution in [0.2, 0.25) is 0 Å². The summed E-state index contributed by atoms with van der Waals surface area (Å²) in [6, 6.07) is 6.14. The Morgan fingerprint density at radius 1 is 1.29 bits per heavy atom. The zero-order valence-corrected chi connectivity index (χ0v) is 12.6. The second kappa shape index (κ2) is 7.52. The van der Waals surface area contributed by atoms with Crippen molar-refractivity contribution < 1.29 is 13.9 Å². The van der Waals surface area contributed by atoms with Gasteiger partial charge in [0.25, 0.3) is 0 Å². The predicted molar refractivity (Wildman–Crippen MR) is 79.2 cm³/mol.